The Bertz CT molecular complexity index is 591. The molecule has 0 bridgehead atoms. The topological polar surface area (TPSA) is 101 Å². The molecular formula is C15H18N2O4. The van der Waals surface area contributed by atoms with E-state index in [1.165, 1.54) is 4.90 Å². The van der Waals surface area contributed by atoms with Gasteiger partial charge in [0.2, 0.25) is 11.8 Å². The van der Waals surface area contributed by atoms with Crippen molar-refractivity contribution in [2.75, 3.05) is 6.54 Å². The maximum atomic E-state index is 12.0. The average Bonchev–Trinajstić information content (AvgIpc) is 2.70. The highest BCUT2D eigenvalue weighted by Gasteiger charge is 2.40. The zero-order valence-corrected chi connectivity index (χ0v) is 12.0. The van der Waals surface area contributed by atoms with Crippen molar-refractivity contribution in [3.05, 3.63) is 34.9 Å². The van der Waals surface area contributed by atoms with Crippen LogP contribution in [0.15, 0.2) is 18.2 Å². The van der Waals surface area contributed by atoms with E-state index in [-0.39, 0.29) is 18.9 Å². The Balaban J connectivity index is 2.38. The van der Waals surface area contributed by atoms with E-state index in [0.29, 0.717) is 5.56 Å². The van der Waals surface area contributed by atoms with Crippen LogP contribution in [0.5, 0.6) is 0 Å². The number of aliphatic carboxylic acids is 1. The summed E-state index contributed by atoms with van der Waals surface area (Å²) in [6.45, 7) is 3.79. The first-order valence-corrected chi connectivity index (χ1v) is 6.69. The number of benzene rings is 1. The third kappa shape index (κ3) is 3.04. The number of primary amides is 1. The standard InChI is InChI=1S/C15H18N2O4/c1-8-3-9(2)5-10(4-8)13(15(20)21)17-7-11(14(16)19)6-12(17)18/h3-5,11,13H,6-7H2,1-2H3,(H2,16,19)(H,20,21). The number of carbonyl (C=O) groups is 3. The van der Waals surface area contributed by atoms with Crippen LogP contribution in [0.3, 0.4) is 0 Å². The van der Waals surface area contributed by atoms with Crippen molar-refractivity contribution in [1.29, 1.82) is 0 Å². The van der Waals surface area contributed by atoms with Crippen LogP contribution in [0.25, 0.3) is 0 Å². The molecule has 2 unspecified atom stereocenters. The zero-order valence-electron chi connectivity index (χ0n) is 12.0. The lowest BCUT2D eigenvalue weighted by atomic mass is 10.0. The third-order valence-corrected chi connectivity index (χ3v) is 3.67. The van der Waals surface area contributed by atoms with Gasteiger partial charge in [0.15, 0.2) is 6.04 Å². The summed E-state index contributed by atoms with van der Waals surface area (Å²) >= 11 is 0. The zero-order chi connectivity index (χ0) is 15.7. The minimum atomic E-state index is -1.11. The van der Waals surface area contributed by atoms with Gasteiger partial charge in [-0.3, -0.25) is 9.59 Å². The van der Waals surface area contributed by atoms with Crippen LogP contribution in [-0.4, -0.2) is 34.3 Å². The molecule has 1 heterocycles. The van der Waals surface area contributed by atoms with Crippen molar-refractivity contribution in [2.45, 2.75) is 26.3 Å². The number of hydrogen-bond acceptors (Lipinski definition) is 3. The summed E-state index contributed by atoms with van der Waals surface area (Å²) in [6.07, 6.45) is -0.0239. The van der Waals surface area contributed by atoms with Crippen molar-refractivity contribution in [2.24, 2.45) is 11.7 Å². The lowest BCUT2D eigenvalue weighted by Gasteiger charge is -2.25. The Kier molecular flexibility index (Phi) is 3.97. The predicted octanol–water partition coefficient (Wildman–Crippen LogP) is 0.763. The summed E-state index contributed by atoms with van der Waals surface area (Å²) in [6, 6.07) is 4.34. The maximum Gasteiger partial charge on any atom is 0.331 e. The number of carbonyl (C=O) groups excluding carboxylic acids is 2. The molecule has 0 aliphatic carbocycles. The fourth-order valence-corrected chi connectivity index (χ4v) is 2.80. The first-order valence-electron chi connectivity index (χ1n) is 6.69. The summed E-state index contributed by atoms with van der Waals surface area (Å²) in [5, 5.41) is 9.50. The van der Waals surface area contributed by atoms with Crippen molar-refractivity contribution in [3.8, 4) is 0 Å². The molecule has 1 fully saturated rings. The van der Waals surface area contributed by atoms with Crippen molar-refractivity contribution < 1.29 is 19.5 Å². The highest BCUT2D eigenvalue weighted by Crippen LogP contribution is 2.30. The second kappa shape index (κ2) is 5.55. The smallest absolute Gasteiger partial charge is 0.331 e. The Labute approximate surface area is 122 Å². The van der Waals surface area contributed by atoms with Crippen LogP contribution in [0.1, 0.15) is 29.2 Å². The largest absolute Gasteiger partial charge is 0.479 e. The molecule has 1 aromatic carbocycles. The quantitative estimate of drug-likeness (QED) is 0.855. The van der Waals surface area contributed by atoms with E-state index in [1.54, 1.807) is 12.1 Å². The fraction of sp³-hybridized carbons (Fsp3) is 0.400. The van der Waals surface area contributed by atoms with Gasteiger partial charge in [-0.15, -0.1) is 0 Å². The number of nitrogens with zero attached hydrogens (tertiary/aromatic N) is 1. The molecule has 2 amide bonds. The number of carboxylic acid groups (broad SMARTS) is 1. The van der Waals surface area contributed by atoms with Gasteiger partial charge in [0.05, 0.1) is 5.92 Å². The molecule has 2 rings (SSSR count). The molecule has 6 heteroatoms. The Morgan fingerprint density at radius 3 is 2.29 bits per heavy atom. The van der Waals surface area contributed by atoms with Gasteiger partial charge in [-0.2, -0.15) is 0 Å². The fourth-order valence-electron chi connectivity index (χ4n) is 2.80. The number of nitrogens with two attached hydrogens (primary N) is 1. The summed E-state index contributed by atoms with van der Waals surface area (Å²) in [5.74, 6) is -2.66. The summed E-state index contributed by atoms with van der Waals surface area (Å²) < 4.78 is 0. The number of amides is 2. The van der Waals surface area contributed by atoms with E-state index in [0.717, 1.165) is 11.1 Å². The molecule has 2 atom stereocenters. The van der Waals surface area contributed by atoms with E-state index >= 15 is 0 Å². The summed E-state index contributed by atoms with van der Waals surface area (Å²) in [4.78, 5) is 36.1. The first-order chi connectivity index (χ1) is 9.79. The van der Waals surface area contributed by atoms with Gasteiger partial charge < -0.3 is 15.7 Å². The molecule has 6 nitrogen and oxygen atoms in total. The summed E-state index contributed by atoms with van der Waals surface area (Å²) in [5.41, 5.74) is 7.61. The third-order valence-electron chi connectivity index (χ3n) is 3.67. The van der Waals surface area contributed by atoms with Crippen molar-refractivity contribution in [3.63, 3.8) is 0 Å². The molecule has 112 valence electrons. The summed E-state index contributed by atoms with van der Waals surface area (Å²) in [7, 11) is 0. The monoisotopic (exact) mass is 290 g/mol. The average molecular weight is 290 g/mol. The second-order valence-electron chi connectivity index (χ2n) is 5.51. The van der Waals surface area contributed by atoms with E-state index in [9.17, 15) is 19.5 Å². The van der Waals surface area contributed by atoms with E-state index in [2.05, 4.69) is 0 Å². The molecule has 1 aliphatic rings. The van der Waals surface area contributed by atoms with Crippen LogP contribution >= 0.6 is 0 Å². The van der Waals surface area contributed by atoms with Crippen molar-refractivity contribution >= 4 is 17.8 Å². The minimum absolute atomic E-state index is 0.0239. The molecule has 0 spiro atoms. The van der Waals surface area contributed by atoms with Gasteiger partial charge in [-0.1, -0.05) is 29.3 Å². The number of aryl methyl sites for hydroxylation is 2. The highest BCUT2D eigenvalue weighted by atomic mass is 16.4. The van der Waals surface area contributed by atoms with E-state index < -0.39 is 23.8 Å². The van der Waals surface area contributed by atoms with Gasteiger partial charge in [-0.05, 0) is 19.4 Å². The Morgan fingerprint density at radius 2 is 1.86 bits per heavy atom. The Morgan fingerprint density at radius 1 is 1.29 bits per heavy atom. The van der Waals surface area contributed by atoms with Crippen LogP contribution in [0.4, 0.5) is 0 Å². The normalized spacial score (nSPS) is 19.6. The van der Waals surface area contributed by atoms with Crippen LogP contribution < -0.4 is 5.73 Å². The molecule has 3 N–H and O–H groups in total. The molecular weight excluding hydrogens is 272 g/mol. The van der Waals surface area contributed by atoms with Gasteiger partial charge >= 0.3 is 5.97 Å². The number of rotatable bonds is 4. The maximum absolute atomic E-state index is 12.0. The molecule has 0 aromatic heterocycles. The van der Waals surface area contributed by atoms with Gasteiger partial charge in [0.1, 0.15) is 0 Å². The lowest BCUT2D eigenvalue weighted by molar-refractivity contribution is -0.148. The Hall–Kier alpha value is -2.37. The molecule has 1 saturated heterocycles. The number of likely N-dealkylation sites (tertiary alicyclic amines) is 1. The van der Waals surface area contributed by atoms with Gasteiger partial charge in [-0.25, -0.2) is 4.79 Å². The van der Waals surface area contributed by atoms with Crippen LogP contribution in [0.2, 0.25) is 0 Å². The molecule has 0 saturated carbocycles. The van der Waals surface area contributed by atoms with Crippen LogP contribution in [-0.2, 0) is 14.4 Å². The van der Waals surface area contributed by atoms with E-state index in [4.69, 9.17) is 5.73 Å². The molecule has 0 radical (unpaired) electrons. The van der Waals surface area contributed by atoms with Gasteiger partial charge in [0, 0.05) is 13.0 Å². The van der Waals surface area contributed by atoms with Crippen molar-refractivity contribution in [1.82, 2.24) is 4.90 Å². The second-order valence-corrected chi connectivity index (χ2v) is 5.51. The molecule has 1 aromatic rings. The first kappa shape index (κ1) is 15.0. The van der Waals surface area contributed by atoms with Crippen LogP contribution in [0, 0.1) is 19.8 Å². The van der Waals surface area contributed by atoms with Gasteiger partial charge in [0.25, 0.3) is 0 Å². The molecule has 1 aliphatic heterocycles. The number of hydrogen-bond donors (Lipinski definition) is 2. The molecule has 21 heavy (non-hydrogen) atoms. The minimum Gasteiger partial charge on any atom is -0.479 e. The predicted molar refractivity (Wildman–Crippen MR) is 75.3 cm³/mol. The van der Waals surface area contributed by atoms with E-state index in [1.807, 2.05) is 19.9 Å². The SMILES string of the molecule is Cc1cc(C)cc(C(C(=O)O)N2CC(C(N)=O)CC2=O)c1. The number of carboxylic acids is 1. The highest BCUT2D eigenvalue weighted by molar-refractivity contribution is 5.91. The lowest BCUT2D eigenvalue weighted by Crippen LogP contribution is -2.36.